The van der Waals surface area contributed by atoms with E-state index in [1.807, 2.05) is 23.0 Å². The van der Waals surface area contributed by atoms with Gasteiger partial charge in [-0.25, -0.2) is 4.79 Å². The number of nitrogens with zero attached hydrogens (tertiary/aromatic N) is 2. The molecule has 0 saturated heterocycles. The molecule has 23 heavy (non-hydrogen) atoms. The first kappa shape index (κ1) is 15.3. The van der Waals surface area contributed by atoms with Gasteiger partial charge in [-0.2, -0.15) is 5.10 Å². The Morgan fingerprint density at radius 3 is 2.57 bits per heavy atom. The number of methoxy groups -OCH3 is 1. The SMILES string of the molecule is COC(=O)c1ccc2cnn(Cc3ccc(C(C)C)cc3)c2c1. The van der Waals surface area contributed by atoms with Gasteiger partial charge in [-0.3, -0.25) is 4.68 Å². The molecule has 2 aromatic carbocycles. The quantitative estimate of drug-likeness (QED) is 0.684. The molecule has 0 atom stereocenters. The molecule has 4 heteroatoms. The van der Waals surface area contributed by atoms with Gasteiger partial charge in [0, 0.05) is 5.39 Å². The second-order valence-corrected chi connectivity index (χ2v) is 5.96. The summed E-state index contributed by atoms with van der Waals surface area (Å²) in [6.07, 6.45) is 1.82. The number of benzene rings is 2. The van der Waals surface area contributed by atoms with E-state index in [0.717, 1.165) is 10.9 Å². The molecule has 0 fully saturated rings. The fourth-order valence-electron chi connectivity index (χ4n) is 2.62. The molecule has 0 N–H and O–H groups in total. The monoisotopic (exact) mass is 308 g/mol. The van der Waals surface area contributed by atoms with Crippen molar-refractivity contribution >= 4 is 16.9 Å². The topological polar surface area (TPSA) is 44.1 Å². The van der Waals surface area contributed by atoms with E-state index in [4.69, 9.17) is 4.74 Å². The summed E-state index contributed by atoms with van der Waals surface area (Å²) in [6.45, 7) is 5.04. The Labute approximate surface area is 135 Å². The summed E-state index contributed by atoms with van der Waals surface area (Å²) in [5, 5.41) is 5.45. The molecular weight excluding hydrogens is 288 g/mol. The lowest BCUT2D eigenvalue weighted by molar-refractivity contribution is 0.0601. The van der Waals surface area contributed by atoms with Crippen LogP contribution in [0.2, 0.25) is 0 Å². The zero-order valence-corrected chi connectivity index (χ0v) is 13.6. The molecule has 0 unspecified atom stereocenters. The third-order valence-corrected chi connectivity index (χ3v) is 4.04. The number of esters is 1. The Kier molecular flexibility index (Phi) is 4.15. The van der Waals surface area contributed by atoms with Crippen LogP contribution in [-0.2, 0) is 11.3 Å². The highest BCUT2D eigenvalue weighted by Gasteiger charge is 2.10. The maximum Gasteiger partial charge on any atom is 0.337 e. The highest BCUT2D eigenvalue weighted by Crippen LogP contribution is 2.19. The normalized spacial score (nSPS) is 11.1. The predicted octanol–water partition coefficient (Wildman–Crippen LogP) is 3.99. The van der Waals surface area contributed by atoms with Crippen molar-refractivity contribution in [2.24, 2.45) is 0 Å². The number of hydrogen-bond donors (Lipinski definition) is 0. The van der Waals surface area contributed by atoms with Gasteiger partial charge in [0.15, 0.2) is 0 Å². The second kappa shape index (κ2) is 6.24. The van der Waals surface area contributed by atoms with E-state index >= 15 is 0 Å². The lowest BCUT2D eigenvalue weighted by Crippen LogP contribution is -2.04. The van der Waals surface area contributed by atoms with Crippen LogP contribution in [0, 0.1) is 0 Å². The molecule has 0 bridgehead atoms. The highest BCUT2D eigenvalue weighted by molar-refractivity contribution is 5.94. The largest absolute Gasteiger partial charge is 0.465 e. The third-order valence-electron chi connectivity index (χ3n) is 4.04. The van der Waals surface area contributed by atoms with E-state index in [1.54, 1.807) is 6.07 Å². The van der Waals surface area contributed by atoms with Crippen molar-refractivity contribution < 1.29 is 9.53 Å². The molecule has 0 radical (unpaired) electrons. The molecular formula is C19H20N2O2. The number of rotatable bonds is 4. The van der Waals surface area contributed by atoms with Gasteiger partial charge in [0.05, 0.1) is 30.9 Å². The van der Waals surface area contributed by atoms with Gasteiger partial charge in [0.1, 0.15) is 0 Å². The number of carbonyl (C=O) groups is 1. The van der Waals surface area contributed by atoms with E-state index in [-0.39, 0.29) is 5.97 Å². The van der Waals surface area contributed by atoms with Crippen LogP contribution < -0.4 is 0 Å². The van der Waals surface area contributed by atoms with E-state index in [0.29, 0.717) is 18.0 Å². The molecule has 0 aliphatic heterocycles. The zero-order valence-electron chi connectivity index (χ0n) is 13.6. The van der Waals surface area contributed by atoms with Crippen LogP contribution in [0.3, 0.4) is 0 Å². The molecule has 3 rings (SSSR count). The summed E-state index contributed by atoms with van der Waals surface area (Å²) >= 11 is 0. The fourth-order valence-corrected chi connectivity index (χ4v) is 2.62. The fraction of sp³-hybridized carbons (Fsp3) is 0.263. The molecule has 4 nitrogen and oxygen atoms in total. The smallest absolute Gasteiger partial charge is 0.337 e. The minimum absolute atomic E-state index is 0.332. The lowest BCUT2D eigenvalue weighted by atomic mass is 10.0. The Morgan fingerprint density at radius 1 is 1.17 bits per heavy atom. The Hall–Kier alpha value is -2.62. The summed E-state index contributed by atoms with van der Waals surface area (Å²) in [6, 6.07) is 14.1. The van der Waals surface area contributed by atoms with Crippen molar-refractivity contribution in [1.29, 1.82) is 0 Å². The Balaban J connectivity index is 1.91. The van der Waals surface area contributed by atoms with E-state index < -0.39 is 0 Å². The maximum atomic E-state index is 11.7. The van der Waals surface area contributed by atoms with Gasteiger partial charge in [-0.05, 0) is 29.2 Å². The van der Waals surface area contributed by atoms with Gasteiger partial charge < -0.3 is 4.74 Å². The van der Waals surface area contributed by atoms with Crippen LogP contribution in [0.15, 0.2) is 48.7 Å². The summed E-state index contributed by atoms with van der Waals surface area (Å²) in [4.78, 5) is 11.7. The van der Waals surface area contributed by atoms with Crippen molar-refractivity contribution in [3.8, 4) is 0 Å². The lowest BCUT2D eigenvalue weighted by Gasteiger charge is -2.08. The van der Waals surface area contributed by atoms with Crippen molar-refractivity contribution in [3.63, 3.8) is 0 Å². The van der Waals surface area contributed by atoms with Gasteiger partial charge in [-0.15, -0.1) is 0 Å². The van der Waals surface area contributed by atoms with Crippen molar-refractivity contribution in [3.05, 3.63) is 65.4 Å². The third kappa shape index (κ3) is 3.11. The highest BCUT2D eigenvalue weighted by atomic mass is 16.5. The average Bonchev–Trinajstić information content (AvgIpc) is 2.97. The van der Waals surface area contributed by atoms with Gasteiger partial charge >= 0.3 is 5.97 Å². The van der Waals surface area contributed by atoms with E-state index in [9.17, 15) is 4.79 Å². The van der Waals surface area contributed by atoms with Crippen LogP contribution in [0.4, 0.5) is 0 Å². The van der Waals surface area contributed by atoms with Gasteiger partial charge in [0.2, 0.25) is 0 Å². The number of ether oxygens (including phenoxy) is 1. The Morgan fingerprint density at radius 2 is 1.91 bits per heavy atom. The summed E-state index contributed by atoms with van der Waals surface area (Å²) in [7, 11) is 1.39. The summed E-state index contributed by atoms with van der Waals surface area (Å²) in [5.41, 5.74) is 3.98. The standard InChI is InChI=1S/C19H20N2O2/c1-13(2)15-6-4-14(5-7-15)12-21-18-10-16(19(22)23-3)8-9-17(18)11-20-21/h4-11,13H,12H2,1-3H3. The molecule has 0 spiro atoms. The van der Waals surface area contributed by atoms with Crippen molar-refractivity contribution in [1.82, 2.24) is 9.78 Å². The molecule has 0 aliphatic carbocycles. The number of hydrogen-bond acceptors (Lipinski definition) is 3. The summed E-state index contributed by atoms with van der Waals surface area (Å²) < 4.78 is 6.70. The predicted molar refractivity (Wildman–Crippen MR) is 90.7 cm³/mol. The van der Waals surface area contributed by atoms with Crippen LogP contribution in [0.1, 0.15) is 41.3 Å². The molecule has 0 saturated carbocycles. The van der Waals surface area contributed by atoms with Crippen LogP contribution in [0.5, 0.6) is 0 Å². The van der Waals surface area contributed by atoms with Crippen molar-refractivity contribution in [2.75, 3.05) is 7.11 Å². The minimum Gasteiger partial charge on any atom is -0.465 e. The first-order valence-corrected chi connectivity index (χ1v) is 7.71. The van der Waals surface area contributed by atoms with Gasteiger partial charge in [0.25, 0.3) is 0 Å². The maximum absolute atomic E-state index is 11.7. The second-order valence-electron chi connectivity index (χ2n) is 5.96. The van der Waals surface area contributed by atoms with Crippen LogP contribution in [0.25, 0.3) is 10.9 Å². The first-order valence-electron chi connectivity index (χ1n) is 7.71. The minimum atomic E-state index is -0.332. The molecule has 1 aromatic heterocycles. The van der Waals surface area contributed by atoms with Gasteiger partial charge in [-0.1, -0.05) is 44.2 Å². The summed E-state index contributed by atoms with van der Waals surface area (Å²) in [5.74, 6) is 0.193. The van der Waals surface area contributed by atoms with Crippen molar-refractivity contribution in [2.45, 2.75) is 26.3 Å². The molecule has 118 valence electrons. The molecule has 1 heterocycles. The van der Waals surface area contributed by atoms with E-state index in [1.165, 1.54) is 18.2 Å². The van der Waals surface area contributed by atoms with E-state index in [2.05, 4.69) is 43.2 Å². The number of fused-ring (bicyclic) bond motifs is 1. The Bertz CT molecular complexity index is 832. The molecule has 3 aromatic rings. The number of aromatic nitrogens is 2. The molecule has 0 aliphatic rings. The average molecular weight is 308 g/mol. The number of carbonyl (C=O) groups excluding carboxylic acids is 1. The van der Waals surface area contributed by atoms with Crippen LogP contribution in [-0.4, -0.2) is 22.9 Å². The van der Waals surface area contributed by atoms with Crippen LogP contribution >= 0.6 is 0 Å². The first-order chi connectivity index (χ1) is 11.1. The molecule has 0 amide bonds. The zero-order chi connectivity index (χ0) is 16.4.